The van der Waals surface area contributed by atoms with Crippen LogP contribution >= 0.6 is 11.6 Å². The van der Waals surface area contributed by atoms with Crippen LogP contribution in [0, 0.1) is 11.2 Å². The Bertz CT molecular complexity index is 385. The average molecular weight is 230 g/mol. The summed E-state index contributed by atoms with van der Waals surface area (Å²) >= 11 is 5.59. The van der Waals surface area contributed by atoms with Crippen molar-refractivity contribution in [2.24, 2.45) is 5.41 Å². The van der Waals surface area contributed by atoms with E-state index in [0.717, 1.165) is 0 Å². The lowest BCUT2D eigenvalue weighted by Gasteiger charge is -2.18. The first-order valence-electron chi connectivity index (χ1n) is 4.58. The van der Waals surface area contributed by atoms with E-state index in [1.54, 1.807) is 26.8 Å². The van der Waals surface area contributed by atoms with Crippen LogP contribution in [0.15, 0.2) is 18.2 Å². The van der Waals surface area contributed by atoms with Crippen LogP contribution in [0.2, 0.25) is 5.02 Å². The molecule has 15 heavy (non-hydrogen) atoms. The minimum atomic E-state index is -0.600. The summed E-state index contributed by atoms with van der Waals surface area (Å²) in [6.45, 7) is 5.26. The Labute approximate surface area is 93.4 Å². The molecular formula is C11H13ClFNO. The highest BCUT2D eigenvalue weighted by Crippen LogP contribution is 2.24. The van der Waals surface area contributed by atoms with E-state index in [4.69, 9.17) is 11.6 Å². The summed E-state index contributed by atoms with van der Waals surface area (Å²) in [7, 11) is 0. The van der Waals surface area contributed by atoms with E-state index in [2.05, 4.69) is 5.32 Å². The SMILES string of the molecule is CC(C)(C)C(=O)Nc1cccc(Cl)c1F. The topological polar surface area (TPSA) is 29.1 Å². The predicted octanol–water partition coefficient (Wildman–Crippen LogP) is 3.46. The Hall–Kier alpha value is -1.09. The molecule has 1 amide bonds. The molecule has 0 aliphatic rings. The highest BCUT2D eigenvalue weighted by atomic mass is 35.5. The predicted molar refractivity (Wildman–Crippen MR) is 59.5 cm³/mol. The minimum Gasteiger partial charge on any atom is -0.323 e. The zero-order valence-corrected chi connectivity index (χ0v) is 9.65. The Morgan fingerprint density at radius 1 is 1.40 bits per heavy atom. The zero-order chi connectivity index (χ0) is 11.6. The molecule has 0 spiro atoms. The Kier molecular flexibility index (Phi) is 3.35. The summed E-state index contributed by atoms with van der Waals surface area (Å²) in [5, 5.41) is 2.49. The molecule has 82 valence electrons. The number of nitrogens with one attached hydrogen (secondary N) is 1. The lowest BCUT2D eigenvalue weighted by molar-refractivity contribution is -0.123. The van der Waals surface area contributed by atoms with Gasteiger partial charge in [-0.3, -0.25) is 4.79 Å². The summed E-state index contributed by atoms with van der Waals surface area (Å²) in [5.74, 6) is -0.847. The third-order valence-corrected chi connectivity index (χ3v) is 2.17. The van der Waals surface area contributed by atoms with Crippen molar-refractivity contribution < 1.29 is 9.18 Å². The van der Waals surface area contributed by atoms with Gasteiger partial charge in [-0.1, -0.05) is 38.4 Å². The lowest BCUT2D eigenvalue weighted by Crippen LogP contribution is -2.28. The summed E-state index contributed by atoms with van der Waals surface area (Å²) in [6.07, 6.45) is 0. The van der Waals surface area contributed by atoms with Crippen molar-refractivity contribution in [3.8, 4) is 0 Å². The first kappa shape index (κ1) is 12.0. The van der Waals surface area contributed by atoms with Gasteiger partial charge in [-0.2, -0.15) is 0 Å². The molecule has 1 aromatic carbocycles. The number of hydrogen-bond acceptors (Lipinski definition) is 1. The molecule has 0 aliphatic heterocycles. The smallest absolute Gasteiger partial charge is 0.229 e. The van der Waals surface area contributed by atoms with Crippen molar-refractivity contribution in [2.45, 2.75) is 20.8 Å². The number of amides is 1. The van der Waals surface area contributed by atoms with Crippen molar-refractivity contribution in [1.82, 2.24) is 0 Å². The van der Waals surface area contributed by atoms with Crippen LogP contribution in [-0.4, -0.2) is 5.91 Å². The highest BCUT2D eigenvalue weighted by molar-refractivity contribution is 6.31. The van der Waals surface area contributed by atoms with Gasteiger partial charge >= 0.3 is 0 Å². The second kappa shape index (κ2) is 4.19. The third-order valence-electron chi connectivity index (χ3n) is 1.88. The average Bonchev–Trinajstić information content (AvgIpc) is 2.11. The Balaban J connectivity index is 2.91. The van der Waals surface area contributed by atoms with Crippen molar-refractivity contribution in [1.29, 1.82) is 0 Å². The van der Waals surface area contributed by atoms with Crippen molar-refractivity contribution >= 4 is 23.2 Å². The Morgan fingerprint density at radius 2 is 2.00 bits per heavy atom. The molecule has 0 heterocycles. The summed E-state index contributed by atoms with van der Waals surface area (Å²) in [6, 6.07) is 4.50. The van der Waals surface area contributed by atoms with Crippen LogP contribution < -0.4 is 5.32 Å². The normalized spacial score (nSPS) is 11.3. The summed E-state index contributed by atoms with van der Waals surface area (Å²) in [5.41, 5.74) is -0.447. The summed E-state index contributed by atoms with van der Waals surface area (Å²) < 4.78 is 13.4. The molecule has 0 aromatic heterocycles. The lowest BCUT2D eigenvalue weighted by atomic mass is 9.95. The fourth-order valence-electron chi connectivity index (χ4n) is 0.910. The second-order valence-electron chi connectivity index (χ2n) is 4.31. The fourth-order valence-corrected chi connectivity index (χ4v) is 1.08. The molecule has 1 aromatic rings. The maximum atomic E-state index is 13.4. The van der Waals surface area contributed by atoms with Crippen LogP contribution in [-0.2, 0) is 4.79 Å². The second-order valence-corrected chi connectivity index (χ2v) is 4.71. The van der Waals surface area contributed by atoms with Crippen molar-refractivity contribution in [3.05, 3.63) is 29.0 Å². The van der Waals surface area contributed by atoms with Gasteiger partial charge in [0.05, 0.1) is 10.7 Å². The van der Waals surface area contributed by atoms with E-state index < -0.39 is 11.2 Å². The van der Waals surface area contributed by atoms with Gasteiger partial charge in [-0.15, -0.1) is 0 Å². The maximum absolute atomic E-state index is 13.4. The van der Waals surface area contributed by atoms with Crippen molar-refractivity contribution in [2.75, 3.05) is 5.32 Å². The van der Waals surface area contributed by atoms with E-state index >= 15 is 0 Å². The molecule has 0 saturated carbocycles. The van der Waals surface area contributed by atoms with Crippen LogP contribution in [0.5, 0.6) is 0 Å². The molecule has 0 saturated heterocycles. The van der Waals surface area contributed by atoms with E-state index in [0.29, 0.717) is 0 Å². The summed E-state index contributed by atoms with van der Waals surface area (Å²) in [4.78, 5) is 11.6. The van der Waals surface area contributed by atoms with Crippen LogP contribution in [0.3, 0.4) is 0 Å². The molecule has 0 unspecified atom stereocenters. The number of benzene rings is 1. The molecule has 0 aliphatic carbocycles. The maximum Gasteiger partial charge on any atom is 0.229 e. The molecule has 2 nitrogen and oxygen atoms in total. The molecule has 0 fully saturated rings. The first-order valence-corrected chi connectivity index (χ1v) is 4.95. The molecule has 0 radical (unpaired) electrons. The van der Waals surface area contributed by atoms with E-state index in [1.807, 2.05) is 0 Å². The number of carbonyl (C=O) groups excluding carboxylic acids is 1. The molecule has 0 bridgehead atoms. The zero-order valence-electron chi connectivity index (χ0n) is 8.90. The van der Waals surface area contributed by atoms with Gasteiger partial charge in [0.1, 0.15) is 0 Å². The van der Waals surface area contributed by atoms with Crippen LogP contribution in [0.25, 0.3) is 0 Å². The van der Waals surface area contributed by atoms with E-state index in [9.17, 15) is 9.18 Å². The molecular weight excluding hydrogens is 217 g/mol. The van der Waals surface area contributed by atoms with E-state index in [1.165, 1.54) is 12.1 Å². The Morgan fingerprint density at radius 3 is 2.53 bits per heavy atom. The highest BCUT2D eigenvalue weighted by Gasteiger charge is 2.22. The van der Waals surface area contributed by atoms with Gasteiger partial charge in [0, 0.05) is 5.41 Å². The third kappa shape index (κ3) is 2.93. The van der Waals surface area contributed by atoms with Crippen molar-refractivity contribution in [3.63, 3.8) is 0 Å². The number of halogens is 2. The van der Waals surface area contributed by atoms with Gasteiger partial charge in [-0.05, 0) is 12.1 Å². The molecule has 0 atom stereocenters. The fraction of sp³-hybridized carbons (Fsp3) is 0.364. The number of carbonyl (C=O) groups is 1. The van der Waals surface area contributed by atoms with Crippen LogP contribution in [0.1, 0.15) is 20.8 Å². The van der Waals surface area contributed by atoms with Gasteiger partial charge < -0.3 is 5.32 Å². The van der Waals surface area contributed by atoms with Gasteiger partial charge in [0.25, 0.3) is 0 Å². The quantitative estimate of drug-likeness (QED) is 0.785. The number of hydrogen-bond donors (Lipinski definition) is 1. The number of rotatable bonds is 1. The van der Waals surface area contributed by atoms with Gasteiger partial charge in [-0.25, -0.2) is 4.39 Å². The number of anilines is 1. The van der Waals surface area contributed by atoms with Gasteiger partial charge in [0.2, 0.25) is 5.91 Å². The monoisotopic (exact) mass is 229 g/mol. The molecule has 4 heteroatoms. The molecule has 1 rings (SSSR count). The standard InChI is InChI=1S/C11H13ClFNO/c1-11(2,3)10(15)14-8-6-4-5-7(12)9(8)13/h4-6H,1-3H3,(H,14,15). The minimum absolute atomic E-state index is 0.00158. The van der Waals surface area contributed by atoms with E-state index in [-0.39, 0.29) is 16.6 Å². The molecule has 1 N–H and O–H groups in total. The van der Waals surface area contributed by atoms with Gasteiger partial charge in [0.15, 0.2) is 5.82 Å². The first-order chi connectivity index (χ1) is 6.82. The largest absolute Gasteiger partial charge is 0.323 e. The van der Waals surface area contributed by atoms with Crippen LogP contribution in [0.4, 0.5) is 10.1 Å².